The first-order chi connectivity index (χ1) is 8.61. The maximum atomic E-state index is 3.65. The molecule has 1 N–H and O–H groups in total. The van der Waals surface area contributed by atoms with Gasteiger partial charge in [0.25, 0.3) is 0 Å². The minimum Gasteiger partial charge on any atom is -0.311 e. The molecule has 1 aromatic heterocycles. The van der Waals surface area contributed by atoms with Gasteiger partial charge in [-0.2, -0.15) is 0 Å². The molecule has 102 valence electrons. The molecular weight excluding hydrogens is 308 g/mol. The fourth-order valence-corrected chi connectivity index (χ4v) is 4.14. The predicted molar refractivity (Wildman–Crippen MR) is 83.1 cm³/mol. The third-order valence-electron chi connectivity index (χ3n) is 3.99. The SMILES string of the molecule is CCC(C)C1CNC(C)CN1Cc1sccc1Br. The Hall–Kier alpha value is 0.100. The van der Waals surface area contributed by atoms with Crippen molar-refractivity contribution >= 4 is 27.3 Å². The molecule has 2 heterocycles. The van der Waals surface area contributed by atoms with Crippen LogP contribution in [0.4, 0.5) is 0 Å². The summed E-state index contributed by atoms with van der Waals surface area (Å²) in [6.07, 6.45) is 1.25. The molecule has 3 atom stereocenters. The number of piperazine rings is 1. The minimum atomic E-state index is 0.601. The van der Waals surface area contributed by atoms with E-state index in [1.54, 1.807) is 0 Å². The molecule has 1 aliphatic rings. The molecular formula is C14H23BrN2S. The number of rotatable bonds is 4. The minimum absolute atomic E-state index is 0.601. The third kappa shape index (κ3) is 3.35. The second kappa shape index (κ2) is 6.51. The van der Waals surface area contributed by atoms with Crippen LogP contribution in [-0.2, 0) is 6.54 Å². The Bertz CT molecular complexity index is 380. The van der Waals surface area contributed by atoms with Crippen molar-refractivity contribution in [1.82, 2.24) is 10.2 Å². The molecule has 4 heteroatoms. The summed E-state index contributed by atoms with van der Waals surface area (Å²) in [6.45, 7) is 10.3. The van der Waals surface area contributed by atoms with Gasteiger partial charge in [0.05, 0.1) is 0 Å². The van der Waals surface area contributed by atoms with E-state index in [0.29, 0.717) is 12.1 Å². The summed E-state index contributed by atoms with van der Waals surface area (Å²) < 4.78 is 1.27. The Balaban J connectivity index is 2.08. The highest BCUT2D eigenvalue weighted by molar-refractivity contribution is 9.10. The summed E-state index contributed by atoms with van der Waals surface area (Å²) >= 11 is 5.51. The lowest BCUT2D eigenvalue weighted by atomic mass is 9.94. The monoisotopic (exact) mass is 330 g/mol. The lowest BCUT2D eigenvalue weighted by Crippen LogP contribution is -2.57. The zero-order valence-corrected chi connectivity index (χ0v) is 13.9. The van der Waals surface area contributed by atoms with Gasteiger partial charge in [-0.15, -0.1) is 11.3 Å². The van der Waals surface area contributed by atoms with Crippen LogP contribution in [0.3, 0.4) is 0 Å². The van der Waals surface area contributed by atoms with E-state index >= 15 is 0 Å². The van der Waals surface area contributed by atoms with E-state index in [1.807, 2.05) is 11.3 Å². The fourth-order valence-electron chi connectivity index (χ4n) is 2.64. The maximum Gasteiger partial charge on any atom is 0.0343 e. The number of nitrogens with zero attached hydrogens (tertiary/aromatic N) is 1. The quantitative estimate of drug-likeness (QED) is 0.905. The zero-order chi connectivity index (χ0) is 13.1. The number of hydrogen-bond donors (Lipinski definition) is 1. The zero-order valence-electron chi connectivity index (χ0n) is 11.4. The van der Waals surface area contributed by atoms with Gasteiger partial charge in [-0.3, -0.25) is 4.90 Å². The topological polar surface area (TPSA) is 15.3 Å². The van der Waals surface area contributed by atoms with Crippen molar-refractivity contribution in [1.29, 1.82) is 0 Å². The van der Waals surface area contributed by atoms with Crippen LogP contribution in [-0.4, -0.2) is 30.1 Å². The average molecular weight is 331 g/mol. The molecule has 1 saturated heterocycles. The Morgan fingerprint density at radius 2 is 2.39 bits per heavy atom. The van der Waals surface area contributed by atoms with Gasteiger partial charge in [-0.05, 0) is 40.2 Å². The molecule has 0 amide bonds. The van der Waals surface area contributed by atoms with Crippen LogP contribution in [0.2, 0.25) is 0 Å². The van der Waals surface area contributed by atoms with Crippen LogP contribution in [0.25, 0.3) is 0 Å². The first-order valence-corrected chi connectivity index (χ1v) is 8.48. The van der Waals surface area contributed by atoms with Crippen LogP contribution in [0, 0.1) is 5.92 Å². The summed E-state index contributed by atoms with van der Waals surface area (Å²) in [4.78, 5) is 4.11. The molecule has 0 aromatic carbocycles. The average Bonchev–Trinajstić information content (AvgIpc) is 2.74. The summed E-state index contributed by atoms with van der Waals surface area (Å²) in [7, 11) is 0. The third-order valence-corrected chi connectivity index (χ3v) is 5.90. The highest BCUT2D eigenvalue weighted by Gasteiger charge is 2.29. The maximum absolute atomic E-state index is 3.65. The van der Waals surface area contributed by atoms with Crippen molar-refractivity contribution in [3.63, 3.8) is 0 Å². The smallest absolute Gasteiger partial charge is 0.0343 e. The van der Waals surface area contributed by atoms with E-state index in [9.17, 15) is 0 Å². The molecule has 0 bridgehead atoms. The van der Waals surface area contributed by atoms with Crippen molar-refractivity contribution in [3.8, 4) is 0 Å². The van der Waals surface area contributed by atoms with E-state index in [4.69, 9.17) is 0 Å². The van der Waals surface area contributed by atoms with Gasteiger partial charge in [-0.1, -0.05) is 20.3 Å². The van der Waals surface area contributed by atoms with Crippen molar-refractivity contribution < 1.29 is 0 Å². The number of halogens is 1. The fraction of sp³-hybridized carbons (Fsp3) is 0.714. The van der Waals surface area contributed by atoms with E-state index in [2.05, 4.69) is 58.4 Å². The van der Waals surface area contributed by atoms with E-state index in [-0.39, 0.29) is 0 Å². The molecule has 18 heavy (non-hydrogen) atoms. The molecule has 1 aliphatic heterocycles. The van der Waals surface area contributed by atoms with Gasteiger partial charge < -0.3 is 5.32 Å². The second-order valence-corrected chi connectivity index (χ2v) is 7.24. The van der Waals surface area contributed by atoms with E-state index in [0.717, 1.165) is 25.6 Å². The summed E-state index contributed by atoms with van der Waals surface area (Å²) in [5, 5.41) is 5.79. The van der Waals surface area contributed by atoms with Gasteiger partial charge in [0, 0.05) is 41.1 Å². The molecule has 0 radical (unpaired) electrons. The molecule has 0 spiro atoms. The van der Waals surface area contributed by atoms with Gasteiger partial charge >= 0.3 is 0 Å². The van der Waals surface area contributed by atoms with Crippen LogP contribution >= 0.6 is 27.3 Å². The van der Waals surface area contributed by atoms with Gasteiger partial charge in [0.2, 0.25) is 0 Å². The first-order valence-electron chi connectivity index (χ1n) is 6.81. The molecule has 0 aliphatic carbocycles. The molecule has 1 fully saturated rings. The van der Waals surface area contributed by atoms with E-state index in [1.165, 1.54) is 15.8 Å². The summed E-state index contributed by atoms with van der Waals surface area (Å²) in [5.74, 6) is 0.753. The number of nitrogens with one attached hydrogen (secondary N) is 1. The lowest BCUT2D eigenvalue weighted by Gasteiger charge is -2.42. The highest BCUT2D eigenvalue weighted by Crippen LogP contribution is 2.27. The first kappa shape index (κ1) is 14.5. The number of hydrogen-bond acceptors (Lipinski definition) is 3. The van der Waals surface area contributed by atoms with Gasteiger partial charge in [0.1, 0.15) is 0 Å². The van der Waals surface area contributed by atoms with Crippen molar-refractivity contribution in [2.75, 3.05) is 13.1 Å². The van der Waals surface area contributed by atoms with Crippen LogP contribution in [0.1, 0.15) is 32.1 Å². The Kier molecular flexibility index (Phi) is 5.24. The standard InChI is InChI=1S/C14H23BrN2S/c1-4-10(2)13-7-16-11(3)8-17(13)9-14-12(15)5-6-18-14/h5-6,10-11,13,16H,4,7-9H2,1-3H3. The number of thiophene rings is 1. The molecule has 3 unspecified atom stereocenters. The summed E-state index contributed by atoms with van der Waals surface area (Å²) in [5.41, 5.74) is 0. The van der Waals surface area contributed by atoms with Crippen molar-refractivity contribution in [2.45, 2.75) is 45.8 Å². The molecule has 2 nitrogen and oxygen atoms in total. The van der Waals surface area contributed by atoms with Crippen molar-refractivity contribution in [2.24, 2.45) is 5.92 Å². The predicted octanol–water partition coefficient (Wildman–Crippen LogP) is 3.72. The lowest BCUT2D eigenvalue weighted by molar-refractivity contribution is 0.0893. The van der Waals surface area contributed by atoms with Crippen LogP contribution < -0.4 is 5.32 Å². The Morgan fingerprint density at radius 3 is 3.00 bits per heavy atom. The van der Waals surface area contributed by atoms with Crippen LogP contribution in [0.5, 0.6) is 0 Å². The molecule has 1 aromatic rings. The second-order valence-electron chi connectivity index (χ2n) is 5.38. The normalized spacial score (nSPS) is 27.3. The molecule has 0 saturated carbocycles. The van der Waals surface area contributed by atoms with E-state index < -0.39 is 0 Å². The van der Waals surface area contributed by atoms with Gasteiger partial charge in [0.15, 0.2) is 0 Å². The highest BCUT2D eigenvalue weighted by atomic mass is 79.9. The summed E-state index contributed by atoms with van der Waals surface area (Å²) in [6, 6.07) is 3.42. The van der Waals surface area contributed by atoms with Crippen molar-refractivity contribution in [3.05, 3.63) is 20.8 Å². The molecule has 2 rings (SSSR count). The largest absolute Gasteiger partial charge is 0.311 e. The van der Waals surface area contributed by atoms with Crippen LogP contribution in [0.15, 0.2) is 15.9 Å². The Morgan fingerprint density at radius 1 is 1.61 bits per heavy atom. The Labute approximate surface area is 123 Å². The van der Waals surface area contributed by atoms with Gasteiger partial charge in [-0.25, -0.2) is 0 Å².